The first-order valence-corrected chi connectivity index (χ1v) is 9.70. The monoisotopic (exact) mass is 405 g/mol. The predicted octanol–water partition coefficient (Wildman–Crippen LogP) is 0.894. The van der Waals surface area contributed by atoms with Crippen LogP contribution < -0.4 is 16.2 Å². The molecule has 3 rings (SSSR count). The van der Waals surface area contributed by atoms with Gasteiger partial charge in [0.25, 0.3) is 16.0 Å². The van der Waals surface area contributed by atoms with Gasteiger partial charge in [-0.25, -0.2) is 0 Å². The number of amides is 1. The first kappa shape index (κ1) is 20.9. The van der Waals surface area contributed by atoms with Crippen LogP contribution in [0.15, 0.2) is 35.3 Å². The summed E-state index contributed by atoms with van der Waals surface area (Å²) in [5.74, 6) is -0.272. The van der Waals surface area contributed by atoms with Crippen molar-refractivity contribution in [3.63, 3.8) is 0 Å². The summed E-state index contributed by atoms with van der Waals surface area (Å²) < 4.78 is 33.6. The highest BCUT2D eigenvalue weighted by atomic mass is 32.2. The molecule has 148 valence electrons. The van der Waals surface area contributed by atoms with Crippen LogP contribution >= 0.6 is 0 Å². The van der Waals surface area contributed by atoms with Gasteiger partial charge in [0.15, 0.2) is 5.96 Å². The Kier molecular flexibility index (Phi) is 5.49. The summed E-state index contributed by atoms with van der Waals surface area (Å²) in [5.41, 5.74) is 12.1. The molecule has 1 aliphatic rings. The van der Waals surface area contributed by atoms with Crippen LogP contribution in [0.2, 0.25) is 0 Å². The lowest BCUT2D eigenvalue weighted by Gasteiger charge is -2.34. The van der Waals surface area contributed by atoms with E-state index >= 15 is 0 Å². The first-order valence-electron chi connectivity index (χ1n) is 7.85. The molecule has 0 saturated carbocycles. The molecule has 0 saturated heterocycles. The number of carbonyl (C=O) groups excluding carboxylic acids is 1. The number of nitrogens with two attached hydrogens (primary N) is 2. The van der Waals surface area contributed by atoms with Gasteiger partial charge in [-0.15, -0.1) is 0 Å². The lowest BCUT2D eigenvalue weighted by atomic mass is 10.0. The van der Waals surface area contributed by atoms with E-state index in [1.165, 1.54) is 0 Å². The fourth-order valence-corrected chi connectivity index (χ4v) is 2.67. The van der Waals surface area contributed by atoms with Crippen LogP contribution in [0.3, 0.4) is 0 Å². The lowest BCUT2D eigenvalue weighted by molar-refractivity contribution is 0.0922. The lowest BCUT2D eigenvalue weighted by Crippen LogP contribution is -2.32. The summed E-state index contributed by atoms with van der Waals surface area (Å²) in [6.07, 6.45) is 0.715. The van der Waals surface area contributed by atoms with Gasteiger partial charge in [-0.1, -0.05) is 0 Å². The zero-order valence-electron chi connectivity index (χ0n) is 15.4. The molecule has 2 heterocycles. The van der Waals surface area contributed by atoms with E-state index in [0.29, 0.717) is 29.0 Å². The normalized spacial score (nSPS) is 13.5. The Morgan fingerprint density at radius 1 is 1.29 bits per heavy atom. The third-order valence-corrected chi connectivity index (χ3v) is 3.65. The molecule has 10 nitrogen and oxygen atoms in total. The van der Waals surface area contributed by atoms with Crippen molar-refractivity contribution in [2.75, 3.05) is 6.26 Å². The van der Waals surface area contributed by atoms with Crippen molar-refractivity contribution >= 4 is 22.0 Å². The third-order valence-electron chi connectivity index (χ3n) is 3.65. The zero-order chi connectivity index (χ0) is 21.3. The van der Waals surface area contributed by atoms with E-state index in [4.69, 9.17) is 20.8 Å². The number of rotatable bonds is 1. The van der Waals surface area contributed by atoms with Crippen LogP contribution in [0.25, 0.3) is 5.69 Å². The molecule has 0 spiro atoms. The summed E-state index contributed by atoms with van der Waals surface area (Å²) in [7, 11) is -3.67. The van der Waals surface area contributed by atoms with Crippen LogP contribution in [-0.4, -0.2) is 35.7 Å². The fraction of sp³-hybridized carbons (Fsp3) is 0.235. The van der Waals surface area contributed by atoms with Gasteiger partial charge >= 0.3 is 0 Å². The Balaban J connectivity index is 0.000000500. The van der Waals surface area contributed by atoms with Gasteiger partial charge in [0.05, 0.1) is 17.6 Å². The van der Waals surface area contributed by atoms with Gasteiger partial charge in [-0.05, 0) is 44.2 Å². The molecule has 0 fully saturated rings. The molecule has 28 heavy (non-hydrogen) atoms. The van der Waals surface area contributed by atoms with E-state index in [1.54, 1.807) is 28.8 Å². The molecule has 0 atom stereocenters. The van der Waals surface area contributed by atoms with E-state index in [0.717, 1.165) is 5.69 Å². The van der Waals surface area contributed by atoms with Gasteiger partial charge in [0.1, 0.15) is 23.1 Å². The highest BCUT2D eigenvalue weighted by Crippen LogP contribution is 2.40. The van der Waals surface area contributed by atoms with Crippen molar-refractivity contribution in [2.24, 2.45) is 16.5 Å². The van der Waals surface area contributed by atoms with Crippen molar-refractivity contribution in [2.45, 2.75) is 19.4 Å². The number of hydrogen-bond acceptors (Lipinski definition) is 5. The van der Waals surface area contributed by atoms with Crippen molar-refractivity contribution in [3.05, 3.63) is 47.3 Å². The number of aromatic nitrogens is 1. The molecule has 0 unspecified atom stereocenters. The summed E-state index contributed by atoms with van der Waals surface area (Å²) in [6, 6.07) is 10.6. The molecular formula is C17H19N5O5S. The third kappa shape index (κ3) is 4.67. The van der Waals surface area contributed by atoms with Gasteiger partial charge in [0, 0.05) is 5.56 Å². The molecule has 5 N–H and O–H groups in total. The summed E-state index contributed by atoms with van der Waals surface area (Å²) in [5, 5.41) is 9.34. The van der Waals surface area contributed by atoms with Gasteiger partial charge in [0.2, 0.25) is 0 Å². The average Bonchev–Trinajstić information content (AvgIpc) is 2.97. The maximum absolute atomic E-state index is 12.0. The number of aliphatic imine (C=N–C) groups is 1. The maximum Gasteiger partial charge on any atom is 0.280 e. The highest BCUT2D eigenvalue weighted by Gasteiger charge is 2.34. The predicted molar refractivity (Wildman–Crippen MR) is 102 cm³/mol. The molecule has 1 aromatic carbocycles. The SMILES string of the molecule is CC1(C)Oc2ccc(C(=O)N=C(N)N)cc2-n2c(C#N)ccc21.CS(=O)(=O)O. The molecule has 1 amide bonds. The van der Waals surface area contributed by atoms with Crippen LogP contribution in [0.1, 0.15) is 35.6 Å². The fourth-order valence-electron chi connectivity index (χ4n) is 2.67. The van der Waals surface area contributed by atoms with Crippen LogP contribution in [0, 0.1) is 11.3 Å². The second-order valence-electron chi connectivity index (χ2n) is 6.42. The molecular weight excluding hydrogens is 386 g/mol. The number of guanidine groups is 1. The smallest absolute Gasteiger partial charge is 0.280 e. The van der Waals surface area contributed by atoms with E-state index in [-0.39, 0.29) is 5.96 Å². The van der Waals surface area contributed by atoms with Crippen LogP contribution in [-0.2, 0) is 15.7 Å². The molecule has 0 bridgehead atoms. The average molecular weight is 405 g/mol. The summed E-state index contributed by atoms with van der Waals surface area (Å²) >= 11 is 0. The number of benzene rings is 1. The molecule has 1 aromatic heterocycles. The highest BCUT2D eigenvalue weighted by molar-refractivity contribution is 7.85. The molecule has 2 aromatic rings. The van der Waals surface area contributed by atoms with Crippen LogP contribution in [0.4, 0.5) is 0 Å². The quantitative estimate of drug-likeness (QED) is 0.356. The number of hydrogen-bond donors (Lipinski definition) is 3. The van der Waals surface area contributed by atoms with Crippen molar-refractivity contribution < 1.29 is 22.5 Å². The second kappa shape index (κ2) is 7.34. The minimum Gasteiger partial charge on any atom is -0.479 e. The van der Waals surface area contributed by atoms with Gasteiger partial charge < -0.3 is 16.2 Å². The minimum atomic E-state index is -3.67. The Labute approximate surface area is 161 Å². The van der Waals surface area contributed by atoms with Crippen molar-refractivity contribution in [1.82, 2.24) is 4.57 Å². The Bertz CT molecular complexity index is 1100. The Morgan fingerprint density at radius 3 is 2.43 bits per heavy atom. The largest absolute Gasteiger partial charge is 0.479 e. The Morgan fingerprint density at radius 2 is 1.89 bits per heavy atom. The number of nitriles is 1. The second-order valence-corrected chi connectivity index (χ2v) is 7.89. The van der Waals surface area contributed by atoms with E-state index < -0.39 is 21.6 Å². The van der Waals surface area contributed by atoms with E-state index in [9.17, 15) is 18.5 Å². The zero-order valence-corrected chi connectivity index (χ0v) is 16.2. The van der Waals surface area contributed by atoms with Gasteiger partial charge in [-0.3, -0.25) is 13.9 Å². The number of carbonyl (C=O) groups is 1. The molecule has 0 aliphatic carbocycles. The van der Waals surface area contributed by atoms with E-state index in [1.807, 2.05) is 19.9 Å². The Hall–Kier alpha value is -3.36. The number of fused-ring (bicyclic) bond motifs is 3. The van der Waals surface area contributed by atoms with Crippen molar-refractivity contribution in [1.29, 1.82) is 5.26 Å². The minimum absolute atomic E-state index is 0.301. The topological polar surface area (TPSA) is 174 Å². The van der Waals surface area contributed by atoms with Gasteiger partial charge in [-0.2, -0.15) is 18.7 Å². The van der Waals surface area contributed by atoms with E-state index in [2.05, 4.69) is 11.1 Å². The first-order chi connectivity index (χ1) is 12.8. The van der Waals surface area contributed by atoms with Crippen molar-refractivity contribution in [3.8, 4) is 17.5 Å². The standard InChI is InChI=1S/C16H15N5O2.CH4O3S/c1-16(2)13-6-4-10(8-17)21(13)11-7-9(3-5-12(11)23-16)14(22)20-15(18)19;1-5(2,3)4/h3-7H,1-2H3,(H4,18,19,20,22);1H3,(H,2,3,4). The summed E-state index contributed by atoms with van der Waals surface area (Å²) in [6.45, 7) is 3.84. The maximum atomic E-state index is 12.0. The molecule has 11 heteroatoms. The molecule has 1 aliphatic heterocycles. The molecule has 0 radical (unpaired) electrons. The number of nitrogens with zero attached hydrogens (tertiary/aromatic N) is 3. The number of ether oxygens (including phenoxy) is 1. The van der Waals surface area contributed by atoms with Crippen LogP contribution in [0.5, 0.6) is 5.75 Å². The summed E-state index contributed by atoms with van der Waals surface area (Å²) in [4.78, 5) is 15.5.